The van der Waals surface area contributed by atoms with Gasteiger partial charge in [0.05, 0.1) is 0 Å². The molecule has 68 valence electrons. The van der Waals surface area contributed by atoms with E-state index >= 15 is 0 Å². The van der Waals surface area contributed by atoms with Crippen LogP contribution < -0.4 is 0 Å². The molecular weight excluding hydrogens is 157 g/mol. The van der Waals surface area contributed by atoms with Gasteiger partial charge in [0, 0.05) is 13.0 Å². The highest BCUT2D eigenvalue weighted by Gasteiger charge is 2.32. The summed E-state index contributed by atoms with van der Waals surface area (Å²) < 4.78 is 35.2. The highest BCUT2D eigenvalue weighted by atomic mass is 19.4. The van der Waals surface area contributed by atoms with E-state index in [1.165, 1.54) is 0 Å². The zero-order valence-corrected chi connectivity index (χ0v) is 6.65. The summed E-state index contributed by atoms with van der Waals surface area (Å²) in [5, 5.41) is 8.56. The molecule has 0 aliphatic rings. The average Bonchev–Trinajstić information content (AvgIpc) is 1.80. The minimum atomic E-state index is -4.16. The fourth-order valence-corrected chi connectivity index (χ4v) is 0.808. The van der Waals surface area contributed by atoms with E-state index < -0.39 is 25.1 Å². The lowest BCUT2D eigenvalue weighted by Crippen LogP contribution is -2.22. The quantitative estimate of drug-likeness (QED) is 0.688. The van der Waals surface area contributed by atoms with Crippen LogP contribution in [0.3, 0.4) is 0 Å². The topological polar surface area (TPSA) is 20.2 Å². The summed E-state index contributed by atoms with van der Waals surface area (Å²) in [5.74, 6) is -0.781. The van der Waals surface area contributed by atoms with Crippen molar-refractivity contribution in [1.82, 2.24) is 0 Å². The Labute approximate surface area is 64.2 Å². The summed E-state index contributed by atoms with van der Waals surface area (Å²) in [6.45, 7) is 2.95. The highest BCUT2D eigenvalue weighted by Crippen LogP contribution is 2.28. The third-order valence-corrected chi connectivity index (χ3v) is 1.67. The van der Waals surface area contributed by atoms with Crippen LogP contribution in [-0.4, -0.2) is 17.9 Å². The van der Waals surface area contributed by atoms with Gasteiger partial charge in [0.2, 0.25) is 0 Å². The van der Waals surface area contributed by atoms with Gasteiger partial charge >= 0.3 is 6.18 Å². The van der Waals surface area contributed by atoms with E-state index in [0.29, 0.717) is 0 Å². The molecule has 1 nitrogen and oxygen atoms in total. The number of rotatable bonds is 3. The van der Waals surface area contributed by atoms with Crippen molar-refractivity contribution in [1.29, 1.82) is 0 Å². The van der Waals surface area contributed by atoms with Crippen LogP contribution in [0.2, 0.25) is 0 Å². The number of alkyl halides is 3. The first kappa shape index (κ1) is 10.8. The van der Waals surface area contributed by atoms with Crippen LogP contribution >= 0.6 is 0 Å². The second-order valence-corrected chi connectivity index (χ2v) is 3.01. The Morgan fingerprint density at radius 1 is 1.27 bits per heavy atom. The molecule has 0 aromatic heterocycles. The van der Waals surface area contributed by atoms with Crippen molar-refractivity contribution < 1.29 is 18.3 Å². The van der Waals surface area contributed by atoms with Crippen molar-refractivity contribution in [2.75, 3.05) is 6.61 Å². The predicted molar refractivity (Wildman–Crippen MR) is 36.1 cm³/mol. The Morgan fingerprint density at radius 2 is 1.73 bits per heavy atom. The van der Waals surface area contributed by atoms with E-state index in [1.807, 2.05) is 0 Å². The second-order valence-electron chi connectivity index (χ2n) is 3.01. The molecule has 11 heavy (non-hydrogen) atoms. The molecule has 0 aliphatic carbocycles. The summed E-state index contributed by atoms with van der Waals surface area (Å²) in [6, 6.07) is 0. The van der Waals surface area contributed by atoms with E-state index in [9.17, 15) is 13.2 Å². The molecule has 0 saturated heterocycles. The Morgan fingerprint density at radius 3 is 1.82 bits per heavy atom. The average molecular weight is 170 g/mol. The van der Waals surface area contributed by atoms with Gasteiger partial charge in [0.15, 0.2) is 0 Å². The Hall–Kier alpha value is -0.250. The lowest BCUT2D eigenvalue weighted by molar-refractivity contribution is -0.150. The third kappa shape index (κ3) is 5.07. The molecule has 0 heterocycles. The molecule has 4 heteroatoms. The fraction of sp³-hybridized carbons (Fsp3) is 1.00. The minimum Gasteiger partial charge on any atom is -0.396 e. The van der Waals surface area contributed by atoms with Crippen LogP contribution in [-0.2, 0) is 0 Å². The van der Waals surface area contributed by atoms with E-state index in [-0.39, 0.29) is 5.92 Å². The summed E-state index contributed by atoms with van der Waals surface area (Å²) in [6.07, 6.45) is -5.04. The van der Waals surface area contributed by atoms with E-state index in [0.717, 1.165) is 0 Å². The van der Waals surface area contributed by atoms with Crippen LogP contribution in [0.15, 0.2) is 0 Å². The highest BCUT2D eigenvalue weighted by molar-refractivity contribution is 4.65. The predicted octanol–water partition coefficient (Wildman–Crippen LogP) is 2.20. The van der Waals surface area contributed by atoms with Gasteiger partial charge < -0.3 is 5.11 Å². The summed E-state index contributed by atoms with van der Waals surface area (Å²) in [4.78, 5) is 0. The number of aliphatic hydroxyl groups excluding tert-OH is 1. The molecular formula is C7H13F3O. The van der Waals surface area contributed by atoms with Crippen molar-refractivity contribution in [2.45, 2.75) is 26.4 Å². The van der Waals surface area contributed by atoms with E-state index in [2.05, 4.69) is 0 Å². The zero-order valence-electron chi connectivity index (χ0n) is 6.65. The molecule has 0 fully saturated rings. The SMILES string of the molecule is CC(C)C(CO)CC(F)(F)F. The van der Waals surface area contributed by atoms with Gasteiger partial charge in [-0.2, -0.15) is 13.2 Å². The van der Waals surface area contributed by atoms with Gasteiger partial charge in [-0.15, -0.1) is 0 Å². The molecule has 0 aromatic rings. The molecule has 1 atom stereocenters. The first-order chi connectivity index (χ1) is 4.87. The first-order valence-corrected chi connectivity index (χ1v) is 3.54. The summed E-state index contributed by atoms with van der Waals surface area (Å²) in [5.41, 5.74) is 0. The number of hydrogen-bond donors (Lipinski definition) is 1. The summed E-state index contributed by atoms with van der Waals surface area (Å²) >= 11 is 0. The molecule has 0 radical (unpaired) electrons. The van der Waals surface area contributed by atoms with Gasteiger partial charge in [-0.1, -0.05) is 13.8 Å². The lowest BCUT2D eigenvalue weighted by atomic mass is 9.93. The number of hydrogen-bond acceptors (Lipinski definition) is 1. The van der Waals surface area contributed by atoms with Crippen molar-refractivity contribution in [3.05, 3.63) is 0 Å². The Balaban J connectivity index is 3.88. The molecule has 0 saturated carbocycles. The standard InChI is InChI=1S/C7H13F3O/c1-5(2)6(4-11)3-7(8,9)10/h5-6,11H,3-4H2,1-2H3. The molecule has 0 rings (SSSR count). The van der Waals surface area contributed by atoms with Gasteiger partial charge in [-0.25, -0.2) is 0 Å². The molecule has 0 amide bonds. The van der Waals surface area contributed by atoms with Crippen molar-refractivity contribution in [3.8, 4) is 0 Å². The van der Waals surface area contributed by atoms with Crippen LogP contribution in [0.4, 0.5) is 13.2 Å². The largest absolute Gasteiger partial charge is 0.396 e. The third-order valence-electron chi connectivity index (χ3n) is 1.67. The zero-order chi connectivity index (χ0) is 9.07. The number of aliphatic hydroxyl groups is 1. The van der Waals surface area contributed by atoms with Crippen molar-refractivity contribution in [2.24, 2.45) is 11.8 Å². The molecule has 1 unspecified atom stereocenters. The van der Waals surface area contributed by atoms with Gasteiger partial charge in [0.25, 0.3) is 0 Å². The van der Waals surface area contributed by atoms with E-state index in [1.54, 1.807) is 13.8 Å². The normalized spacial score (nSPS) is 15.5. The van der Waals surface area contributed by atoms with Crippen LogP contribution in [0.1, 0.15) is 20.3 Å². The molecule has 0 bridgehead atoms. The molecule has 0 aliphatic heterocycles. The second kappa shape index (κ2) is 3.95. The smallest absolute Gasteiger partial charge is 0.389 e. The van der Waals surface area contributed by atoms with Gasteiger partial charge in [-0.3, -0.25) is 0 Å². The molecule has 0 aromatic carbocycles. The van der Waals surface area contributed by atoms with Gasteiger partial charge in [0.1, 0.15) is 0 Å². The maximum Gasteiger partial charge on any atom is 0.389 e. The summed E-state index contributed by atoms with van der Waals surface area (Å²) in [7, 11) is 0. The maximum absolute atomic E-state index is 11.7. The number of halogens is 3. The molecule has 0 spiro atoms. The Bertz CT molecular complexity index is 109. The Kier molecular flexibility index (Phi) is 3.86. The monoisotopic (exact) mass is 170 g/mol. The van der Waals surface area contributed by atoms with Gasteiger partial charge in [-0.05, 0) is 11.8 Å². The fourth-order valence-electron chi connectivity index (χ4n) is 0.808. The first-order valence-electron chi connectivity index (χ1n) is 3.54. The molecule has 1 N–H and O–H groups in total. The van der Waals surface area contributed by atoms with Crippen LogP contribution in [0.5, 0.6) is 0 Å². The lowest BCUT2D eigenvalue weighted by Gasteiger charge is -2.19. The van der Waals surface area contributed by atoms with Crippen molar-refractivity contribution in [3.63, 3.8) is 0 Å². The van der Waals surface area contributed by atoms with Crippen LogP contribution in [0, 0.1) is 11.8 Å². The van der Waals surface area contributed by atoms with E-state index in [4.69, 9.17) is 5.11 Å². The van der Waals surface area contributed by atoms with Crippen LogP contribution in [0.25, 0.3) is 0 Å². The minimum absolute atomic E-state index is 0.123. The van der Waals surface area contributed by atoms with Crippen molar-refractivity contribution >= 4 is 0 Å². The maximum atomic E-state index is 11.7.